The van der Waals surface area contributed by atoms with E-state index in [1.807, 2.05) is 36.4 Å². The third kappa shape index (κ3) is 2.12. The Morgan fingerprint density at radius 2 is 1.75 bits per heavy atom. The highest BCUT2D eigenvalue weighted by Gasteiger charge is 2.35. The smallest absolute Gasteiger partial charge is 0.296 e. The summed E-state index contributed by atoms with van der Waals surface area (Å²) >= 11 is 0. The van der Waals surface area contributed by atoms with Gasteiger partial charge in [0.25, 0.3) is 7.37 Å². The van der Waals surface area contributed by atoms with Crippen LogP contribution >= 0.6 is 7.37 Å². The summed E-state index contributed by atoms with van der Waals surface area (Å²) in [6.45, 7) is 1.40. The van der Waals surface area contributed by atoms with Crippen LogP contribution in [0.1, 0.15) is 6.92 Å². The van der Waals surface area contributed by atoms with Crippen molar-refractivity contribution in [3.8, 4) is 16.9 Å². The number of carbonyl (C=O) groups is 1. The van der Waals surface area contributed by atoms with Crippen molar-refractivity contribution in [2.45, 2.75) is 6.92 Å². The maximum atomic E-state index is 13.1. The third-order valence-electron chi connectivity index (χ3n) is 3.23. The number of rotatable bonds is 2. The maximum absolute atomic E-state index is 13.1. The minimum atomic E-state index is -3.12. The van der Waals surface area contributed by atoms with Gasteiger partial charge < -0.3 is 9.84 Å². The lowest BCUT2D eigenvalue weighted by molar-refractivity contribution is -0.118. The van der Waals surface area contributed by atoms with Crippen molar-refractivity contribution in [2.75, 3.05) is 6.29 Å². The number of fused-ring (bicyclic) bond motifs is 3. The van der Waals surface area contributed by atoms with Crippen molar-refractivity contribution >= 4 is 18.6 Å². The topological polar surface area (TPSA) is 55.4 Å². The second-order valence-electron chi connectivity index (χ2n) is 4.67. The SMILES string of the molecule is CC(=O)NCP1(=O)Oc2ccccc2-c2ccccc21. The zero-order valence-electron chi connectivity index (χ0n) is 11.0. The fraction of sp³-hybridized carbons (Fsp3) is 0.133. The van der Waals surface area contributed by atoms with Crippen molar-refractivity contribution in [3.63, 3.8) is 0 Å². The normalized spacial score (nSPS) is 19.4. The van der Waals surface area contributed by atoms with Crippen molar-refractivity contribution in [3.05, 3.63) is 48.5 Å². The van der Waals surface area contributed by atoms with E-state index in [0.717, 1.165) is 11.1 Å². The van der Waals surface area contributed by atoms with Crippen LogP contribution in [-0.4, -0.2) is 12.2 Å². The van der Waals surface area contributed by atoms with E-state index >= 15 is 0 Å². The molecule has 2 aromatic carbocycles. The molecular weight excluding hydrogens is 273 g/mol. The van der Waals surface area contributed by atoms with Crippen LogP contribution in [0, 0.1) is 0 Å². The Kier molecular flexibility index (Phi) is 3.11. The summed E-state index contributed by atoms with van der Waals surface area (Å²) in [6.07, 6.45) is 0.00762. The molecule has 0 aromatic heterocycles. The number of hydrogen-bond acceptors (Lipinski definition) is 3. The highest BCUT2D eigenvalue weighted by Crippen LogP contribution is 2.53. The van der Waals surface area contributed by atoms with E-state index in [4.69, 9.17) is 4.52 Å². The second-order valence-corrected chi connectivity index (χ2v) is 7.00. The van der Waals surface area contributed by atoms with Crippen molar-refractivity contribution in [1.82, 2.24) is 5.32 Å². The molecule has 0 bridgehead atoms. The van der Waals surface area contributed by atoms with Crippen molar-refractivity contribution in [1.29, 1.82) is 0 Å². The van der Waals surface area contributed by atoms with Crippen LogP contribution in [0.2, 0.25) is 0 Å². The minimum absolute atomic E-state index is 0.00762. The van der Waals surface area contributed by atoms with E-state index in [9.17, 15) is 9.36 Å². The summed E-state index contributed by atoms with van der Waals surface area (Å²) in [6, 6.07) is 15.0. The molecule has 102 valence electrons. The Labute approximate surface area is 117 Å². The number of amides is 1. The molecule has 1 unspecified atom stereocenters. The van der Waals surface area contributed by atoms with Crippen LogP contribution < -0.4 is 15.1 Å². The summed E-state index contributed by atoms with van der Waals surface area (Å²) in [5.41, 5.74) is 1.83. The van der Waals surface area contributed by atoms with Gasteiger partial charge in [-0.15, -0.1) is 0 Å². The summed E-state index contributed by atoms with van der Waals surface area (Å²) in [5, 5.41) is 3.26. The third-order valence-corrected chi connectivity index (χ3v) is 5.42. The molecule has 1 N–H and O–H groups in total. The summed E-state index contributed by atoms with van der Waals surface area (Å²) in [7, 11) is -3.12. The number of carbonyl (C=O) groups excluding carboxylic acids is 1. The van der Waals surface area contributed by atoms with E-state index < -0.39 is 7.37 Å². The molecule has 2 aromatic rings. The zero-order chi connectivity index (χ0) is 14.2. The fourth-order valence-corrected chi connectivity index (χ4v) is 4.42. The Hall–Kier alpha value is -2.06. The summed E-state index contributed by atoms with van der Waals surface area (Å²) < 4.78 is 18.8. The van der Waals surface area contributed by atoms with Gasteiger partial charge in [0, 0.05) is 12.5 Å². The lowest BCUT2D eigenvalue weighted by Gasteiger charge is -2.28. The van der Waals surface area contributed by atoms with Gasteiger partial charge in [0.1, 0.15) is 12.0 Å². The summed E-state index contributed by atoms with van der Waals surface area (Å²) in [5.74, 6) is 0.375. The molecule has 0 saturated carbocycles. The lowest BCUT2D eigenvalue weighted by atomic mass is 10.0. The van der Waals surface area contributed by atoms with Crippen LogP contribution in [0.15, 0.2) is 48.5 Å². The monoisotopic (exact) mass is 287 g/mol. The second kappa shape index (κ2) is 4.80. The van der Waals surface area contributed by atoms with Crippen LogP contribution in [0.4, 0.5) is 0 Å². The predicted octanol–water partition coefficient (Wildman–Crippen LogP) is 2.74. The van der Waals surface area contributed by atoms with Gasteiger partial charge in [-0.2, -0.15) is 0 Å². The van der Waals surface area contributed by atoms with Gasteiger partial charge in [0.2, 0.25) is 5.91 Å². The quantitative estimate of drug-likeness (QED) is 0.864. The standard InChI is InChI=1S/C15H14NO3P/c1-11(17)16-10-20(18)15-9-5-3-7-13(15)12-6-2-4-8-14(12)19-20/h2-9H,10H2,1H3,(H,16,17). The van der Waals surface area contributed by atoms with Gasteiger partial charge in [0.15, 0.2) is 0 Å². The lowest BCUT2D eigenvalue weighted by Crippen LogP contribution is -2.29. The molecule has 0 fully saturated rings. The van der Waals surface area contributed by atoms with Crippen LogP contribution in [0.25, 0.3) is 11.1 Å². The van der Waals surface area contributed by atoms with Gasteiger partial charge in [-0.25, -0.2) is 0 Å². The van der Waals surface area contributed by atoms with Gasteiger partial charge >= 0.3 is 0 Å². The molecule has 5 heteroatoms. The molecule has 20 heavy (non-hydrogen) atoms. The summed E-state index contributed by atoms with van der Waals surface area (Å²) in [4.78, 5) is 11.1. The molecule has 1 aliphatic heterocycles. The first kappa shape index (κ1) is 12.9. The molecule has 1 aliphatic rings. The van der Waals surface area contributed by atoms with E-state index in [1.165, 1.54) is 6.92 Å². The predicted molar refractivity (Wildman–Crippen MR) is 78.4 cm³/mol. The first-order chi connectivity index (χ1) is 9.60. The molecular formula is C15H14NO3P. The molecule has 0 spiro atoms. The number of hydrogen-bond donors (Lipinski definition) is 1. The van der Waals surface area contributed by atoms with Crippen LogP contribution in [-0.2, 0) is 9.36 Å². The molecule has 1 atom stereocenters. The molecule has 1 heterocycles. The Morgan fingerprint density at radius 1 is 1.10 bits per heavy atom. The fourth-order valence-electron chi connectivity index (χ4n) is 2.31. The Bertz CT molecular complexity index is 727. The molecule has 0 radical (unpaired) electrons. The Balaban J connectivity index is 2.13. The van der Waals surface area contributed by atoms with E-state index in [1.54, 1.807) is 12.1 Å². The molecule has 1 amide bonds. The van der Waals surface area contributed by atoms with Gasteiger partial charge in [-0.3, -0.25) is 9.36 Å². The number of para-hydroxylation sites is 1. The highest BCUT2D eigenvalue weighted by molar-refractivity contribution is 7.67. The number of benzene rings is 2. The van der Waals surface area contributed by atoms with Gasteiger partial charge in [0.05, 0.1) is 5.30 Å². The van der Waals surface area contributed by atoms with E-state index in [2.05, 4.69) is 5.32 Å². The highest BCUT2D eigenvalue weighted by atomic mass is 31.2. The average molecular weight is 287 g/mol. The van der Waals surface area contributed by atoms with Crippen molar-refractivity contribution in [2.24, 2.45) is 0 Å². The number of nitrogens with one attached hydrogen (secondary N) is 1. The van der Waals surface area contributed by atoms with Gasteiger partial charge in [-0.05, 0) is 17.7 Å². The first-order valence-electron chi connectivity index (χ1n) is 6.32. The minimum Gasteiger partial charge on any atom is -0.438 e. The first-order valence-corrected chi connectivity index (χ1v) is 8.13. The molecule has 4 nitrogen and oxygen atoms in total. The molecule has 3 rings (SSSR count). The van der Waals surface area contributed by atoms with E-state index in [-0.39, 0.29) is 12.2 Å². The Morgan fingerprint density at radius 3 is 2.50 bits per heavy atom. The van der Waals surface area contributed by atoms with Crippen LogP contribution in [0.3, 0.4) is 0 Å². The van der Waals surface area contributed by atoms with Gasteiger partial charge in [-0.1, -0.05) is 36.4 Å². The molecule has 0 saturated heterocycles. The largest absolute Gasteiger partial charge is 0.438 e. The van der Waals surface area contributed by atoms with Crippen molar-refractivity contribution < 1.29 is 13.9 Å². The zero-order valence-corrected chi connectivity index (χ0v) is 11.9. The van der Waals surface area contributed by atoms with Crippen LogP contribution in [0.5, 0.6) is 5.75 Å². The van der Waals surface area contributed by atoms with E-state index in [0.29, 0.717) is 11.1 Å². The maximum Gasteiger partial charge on any atom is 0.296 e. The average Bonchev–Trinajstić information content (AvgIpc) is 2.46. The molecule has 0 aliphatic carbocycles.